The number of anilines is 2. The second-order valence-electron chi connectivity index (χ2n) is 3.90. The number of hydrazine groups is 1. The normalized spacial score (nSPS) is 12.2. The van der Waals surface area contributed by atoms with E-state index in [1.165, 1.54) is 6.33 Å². The molecule has 1 unspecified atom stereocenters. The summed E-state index contributed by atoms with van der Waals surface area (Å²) in [5.41, 5.74) is 3.68. The van der Waals surface area contributed by atoms with Gasteiger partial charge in [0.05, 0.1) is 0 Å². The molecule has 0 spiro atoms. The summed E-state index contributed by atoms with van der Waals surface area (Å²) in [6, 6.07) is 0.399. The molecule has 5 heteroatoms. The zero-order chi connectivity index (χ0) is 12.0. The molecule has 0 amide bonds. The summed E-state index contributed by atoms with van der Waals surface area (Å²) in [5, 5.41) is 3.37. The van der Waals surface area contributed by atoms with Crippen molar-refractivity contribution < 1.29 is 0 Å². The van der Waals surface area contributed by atoms with E-state index in [9.17, 15) is 0 Å². The highest BCUT2D eigenvalue weighted by Gasteiger charge is 2.11. The van der Waals surface area contributed by atoms with Crippen LogP contribution < -0.4 is 16.6 Å². The lowest BCUT2D eigenvalue weighted by atomic mass is 10.1. The van der Waals surface area contributed by atoms with Gasteiger partial charge in [0.1, 0.15) is 18.0 Å². The lowest BCUT2D eigenvalue weighted by Crippen LogP contribution is -2.19. The van der Waals surface area contributed by atoms with Crippen molar-refractivity contribution in [2.75, 3.05) is 10.7 Å². The highest BCUT2D eigenvalue weighted by atomic mass is 15.3. The molecule has 0 fully saturated rings. The van der Waals surface area contributed by atoms with E-state index in [-0.39, 0.29) is 0 Å². The van der Waals surface area contributed by atoms with Crippen molar-refractivity contribution in [1.29, 1.82) is 0 Å². The largest absolute Gasteiger partial charge is 0.367 e. The summed E-state index contributed by atoms with van der Waals surface area (Å²) in [6.07, 6.45) is 4.54. The minimum atomic E-state index is 0.399. The topological polar surface area (TPSA) is 75.9 Å². The Morgan fingerprint density at radius 1 is 1.31 bits per heavy atom. The third-order valence-corrected chi connectivity index (χ3v) is 2.58. The minimum Gasteiger partial charge on any atom is -0.367 e. The molecule has 0 bridgehead atoms. The van der Waals surface area contributed by atoms with Gasteiger partial charge in [0, 0.05) is 11.6 Å². The van der Waals surface area contributed by atoms with Gasteiger partial charge < -0.3 is 10.7 Å². The molecule has 1 aromatic heterocycles. The van der Waals surface area contributed by atoms with Gasteiger partial charge in [-0.2, -0.15) is 0 Å². The molecule has 5 nitrogen and oxygen atoms in total. The van der Waals surface area contributed by atoms with Crippen LogP contribution in [0.1, 0.15) is 39.2 Å². The van der Waals surface area contributed by atoms with Crippen LogP contribution in [0.15, 0.2) is 6.33 Å². The molecule has 1 rings (SSSR count). The van der Waals surface area contributed by atoms with Gasteiger partial charge >= 0.3 is 0 Å². The van der Waals surface area contributed by atoms with Crippen molar-refractivity contribution >= 4 is 11.6 Å². The molecule has 90 valence electrons. The standard InChI is InChI=1S/C11H21N5/c1-4-6-9-10(15-8(3)5-2)13-7-14-11(9)16-12/h7-8H,4-6,12H2,1-3H3,(H2,13,14,15,16). The first kappa shape index (κ1) is 12.7. The highest BCUT2D eigenvalue weighted by molar-refractivity contribution is 5.57. The molecule has 0 aliphatic carbocycles. The van der Waals surface area contributed by atoms with E-state index in [0.717, 1.165) is 30.6 Å². The average Bonchev–Trinajstić information content (AvgIpc) is 2.31. The molecular formula is C11H21N5. The Morgan fingerprint density at radius 2 is 2.00 bits per heavy atom. The molecule has 1 heterocycles. The van der Waals surface area contributed by atoms with E-state index in [4.69, 9.17) is 5.84 Å². The van der Waals surface area contributed by atoms with Gasteiger partial charge in [-0.25, -0.2) is 15.8 Å². The third kappa shape index (κ3) is 3.06. The smallest absolute Gasteiger partial charge is 0.148 e. The number of nitrogens with zero attached hydrogens (tertiary/aromatic N) is 2. The maximum atomic E-state index is 5.45. The predicted molar refractivity (Wildman–Crippen MR) is 67.2 cm³/mol. The van der Waals surface area contributed by atoms with Gasteiger partial charge in [-0.05, 0) is 19.8 Å². The van der Waals surface area contributed by atoms with Gasteiger partial charge in [0.2, 0.25) is 0 Å². The summed E-state index contributed by atoms with van der Waals surface area (Å²) < 4.78 is 0. The summed E-state index contributed by atoms with van der Waals surface area (Å²) in [6.45, 7) is 6.40. The van der Waals surface area contributed by atoms with Crippen LogP contribution in [-0.2, 0) is 6.42 Å². The summed E-state index contributed by atoms with van der Waals surface area (Å²) in [5.74, 6) is 7.04. The number of hydrogen-bond donors (Lipinski definition) is 3. The number of nitrogens with two attached hydrogens (primary N) is 1. The number of rotatable bonds is 6. The van der Waals surface area contributed by atoms with E-state index in [1.807, 2.05) is 0 Å². The van der Waals surface area contributed by atoms with E-state index in [0.29, 0.717) is 11.9 Å². The fourth-order valence-corrected chi connectivity index (χ4v) is 1.48. The molecule has 4 N–H and O–H groups in total. The van der Waals surface area contributed by atoms with Crippen molar-refractivity contribution in [3.05, 3.63) is 11.9 Å². The SMILES string of the molecule is CCCc1c(NN)ncnc1NC(C)CC. The predicted octanol–water partition coefficient (Wildman–Crippen LogP) is 1.93. The van der Waals surface area contributed by atoms with Crippen LogP contribution in [0.4, 0.5) is 11.6 Å². The molecule has 16 heavy (non-hydrogen) atoms. The molecule has 0 aliphatic heterocycles. The lowest BCUT2D eigenvalue weighted by molar-refractivity contribution is 0.753. The fourth-order valence-electron chi connectivity index (χ4n) is 1.48. The van der Waals surface area contributed by atoms with Crippen LogP contribution >= 0.6 is 0 Å². The highest BCUT2D eigenvalue weighted by Crippen LogP contribution is 2.21. The molecule has 0 saturated carbocycles. The Morgan fingerprint density at radius 3 is 2.56 bits per heavy atom. The Hall–Kier alpha value is -1.36. The van der Waals surface area contributed by atoms with Crippen LogP contribution in [0, 0.1) is 0 Å². The van der Waals surface area contributed by atoms with Crippen LogP contribution in [-0.4, -0.2) is 16.0 Å². The van der Waals surface area contributed by atoms with Crippen LogP contribution in [0.3, 0.4) is 0 Å². The Balaban J connectivity index is 2.96. The first-order valence-electron chi connectivity index (χ1n) is 5.79. The summed E-state index contributed by atoms with van der Waals surface area (Å²) in [4.78, 5) is 8.40. The van der Waals surface area contributed by atoms with E-state index in [1.54, 1.807) is 0 Å². The zero-order valence-electron chi connectivity index (χ0n) is 10.2. The Labute approximate surface area is 96.8 Å². The second kappa shape index (κ2) is 6.27. The first-order valence-corrected chi connectivity index (χ1v) is 5.79. The summed E-state index contributed by atoms with van der Waals surface area (Å²) >= 11 is 0. The molecule has 1 aromatic rings. The first-order chi connectivity index (χ1) is 7.72. The Kier molecular flexibility index (Phi) is 4.98. The third-order valence-electron chi connectivity index (χ3n) is 2.58. The Bertz CT molecular complexity index is 326. The molecule has 0 saturated heterocycles. The van der Waals surface area contributed by atoms with Crippen molar-refractivity contribution in [3.63, 3.8) is 0 Å². The average molecular weight is 223 g/mol. The van der Waals surface area contributed by atoms with Crippen LogP contribution in [0.5, 0.6) is 0 Å². The maximum Gasteiger partial charge on any atom is 0.148 e. The lowest BCUT2D eigenvalue weighted by Gasteiger charge is -2.17. The number of nitrogens with one attached hydrogen (secondary N) is 2. The van der Waals surface area contributed by atoms with Crippen molar-refractivity contribution in [3.8, 4) is 0 Å². The van der Waals surface area contributed by atoms with Crippen molar-refractivity contribution in [2.45, 2.75) is 46.1 Å². The number of aromatic nitrogens is 2. The van der Waals surface area contributed by atoms with Gasteiger partial charge in [0.15, 0.2) is 0 Å². The van der Waals surface area contributed by atoms with E-state index in [2.05, 4.69) is 41.5 Å². The molecule has 0 radical (unpaired) electrons. The van der Waals surface area contributed by atoms with Crippen LogP contribution in [0.25, 0.3) is 0 Å². The van der Waals surface area contributed by atoms with Crippen molar-refractivity contribution in [2.24, 2.45) is 5.84 Å². The van der Waals surface area contributed by atoms with Crippen molar-refractivity contribution in [1.82, 2.24) is 9.97 Å². The van der Waals surface area contributed by atoms with Gasteiger partial charge in [0.25, 0.3) is 0 Å². The molecule has 1 atom stereocenters. The fraction of sp³-hybridized carbons (Fsp3) is 0.636. The number of hydrogen-bond acceptors (Lipinski definition) is 5. The molecular weight excluding hydrogens is 202 g/mol. The molecule has 0 aliphatic rings. The molecule has 0 aromatic carbocycles. The van der Waals surface area contributed by atoms with E-state index < -0.39 is 0 Å². The number of nitrogen functional groups attached to an aromatic ring is 1. The summed E-state index contributed by atoms with van der Waals surface area (Å²) in [7, 11) is 0. The monoisotopic (exact) mass is 223 g/mol. The van der Waals surface area contributed by atoms with Gasteiger partial charge in [-0.3, -0.25) is 0 Å². The van der Waals surface area contributed by atoms with E-state index >= 15 is 0 Å². The maximum absolute atomic E-state index is 5.45. The second-order valence-corrected chi connectivity index (χ2v) is 3.90. The zero-order valence-corrected chi connectivity index (χ0v) is 10.2. The van der Waals surface area contributed by atoms with Crippen LogP contribution in [0.2, 0.25) is 0 Å². The minimum absolute atomic E-state index is 0.399. The quantitative estimate of drug-likeness (QED) is 0.507. The van der Waals surface area contributed by atoms with Gasteiger partial charge in [-0.1, -0.05) is 20.3 Å². The van der Waals surface area contributed by atoms with Gasteiger partial charge in [-0.15, -0.1) is 0 Å².